The van der Waals surface area contributed by atoms with Crippen molar-refractivity contribution in [2.45, 2.75) is 18.2 Å². The molecule has 0 radical (unpaired) electrons. The maximum absolute atomic E-state index is 12.5. The number of aromatic nitrogens is 1. The van der Waals surface area contributed by atoms with Crippen LogP contribution in [0.25, 0.3) is 10.9 Å². The fourth-order valence-corrected chi connectivity index (χ4v) is 3.56. The summed E-state index contributed by atoms with van der Waals surface area (Å²) < 4.78 is 34.4. The topological polar surface area (TPSA) is 51.7 Å². The quantitative estimate of drug-likeness (QED) is 0.501. The van der Waals surface area contributed by atoms with Crippen molar-refractivity contribution in [1.82, 2.24) is 9.88 Å². The van der Waals surface area contributed by atoms with E-state index in [1.807, 2.05) is 36.4 Å². The Bertz CT molecular complexity index is 1000. The predicted molar refractivity (Wildman–Crippen MR) is 109 cm³/mol. The Balaban J connectivity index is 1.59. The average molecular weight is 418 g/mol. The van der Waals surface area contributed by atoms with E-state index in [-0.39, 0.29) is 23.2 Å². The van der Waals surface area contributed by atoms with Crippen LogP contribution in [0.4, 0.5) is 8.78 Å². The van der Waals surface area contributed by atoms with E-state index in [4.69, 9.17) is 4.74 Å². The Morgan fingerprint density at radius 3 is 2.69 bits per heavy atom. The van der Waals surface area contributed by atoms with E-state index in [0.29, 0.717) is 6.54 Å². The van der Waals surface area contributed by atoms with Crippen LogP contribution in [0.15, 0.2) is 59.6 Å². The molecule has 0 aliphatic carbocycles. The minimum absolute atomic E-state index is 0.0434. The van der Waals surface area contributed by atoms with Gasteiger partial charge in [0.05, 0.1) is 23.4 Å². The highest BCUT2D eigenvalue weighted by Gasteiger charge is 2.14. The minimum atomic E-state index is -2.93. The highest BCUT2D eigenvalue weighted by atomic mass is 32.2. The number of hydrogen-bond acceptors (Lipinski definition) is 5. The van der Waals surface area contributed by atoms with Gasteiger partial charge in [-0.2, -0.15) is 8.78 Å². The molecule has 0 N–H and O–H groups in total. The van der Waals surface area contributed by atoms with Gasteiger partial charge in [0.25, 0.3) is 0 Å². The molecule has 0 saturated carbocycles. The van der Waals surface area contributed by atoms with E-state index >= 15 is 0 Å². The first-order valence-corrected chi connectivity index (χ1v) is 9.79. The molecule has 0 unspecified atom stereocenters. The molecular weight excluding hydrogens is 398 g/mol. The first-order valence-electron chi connectivity index (χ1n) is 8.80. The third-order valence-corrected chi connectivity index (χ3v) is 5.12. The van der Waals surface area contributed by atoms with Crippen LogP contribution in [0.5, 0.6) is 11.5 Å². The highest BCUT2D eigenvalue weighted by Crippen LogP contribution is 2.30. The van der Waals surface area contributed by atoms with Crippen molar-refractivity contribution in [3.05, 3.63) is 60.2 Å². The summed E-state index contributed by atoms with van der Waals surface area (Å²) in [6, 6.07) is 16.3. The van der Waals surface area contributed by atoms with Gasteiger partial charge in [0, 0.05) is 19.0 Å². The van der Waals surface area contributed by atoms with Crippen LogP contribution in [0.3, 0.4) is 0 Å². The maximum atomic E-state index is 12.5. The number of methoxy groups -OCH3 is 1. The summed E-state index contributed by atoms with van der Waals surface area (Å²) in [4.78, 5) is 18.6. The Labute approximate surface area is 171 Å². The average Bonchev–Trinajstić information content (AvgIpc) is 2.72. The Morgan fingerprint density at radius 1 is 1.14 bits per heavy atom. The number of fused-ring (bicyclic) bond motifs is 1. The van der Waals surface area contributed by atoms with Crippen LogP contribution < -0.4 is 9.47 Å². The lowest BCUT2D eigenvalue weighted by Crippen LogP contribution is -2.27. The SMILES string of the molecule is COc1cc(CN(C)C(=O)CSc2ccc3ccccc3n2)ccc1OC(F)F. The Hall–Kier alpha value is -2.87. The van der Waals surface area contributed by atoms with Crippen molar-refractivity contribution in [2.75, 3.05) is 19.9 Å². The molecule has 152 valence electrons. The van der Waals surface area contributed by atoms with Crippen LogP contribution in [0.2, 0.25) is 0 Å². The molecule has 0 aliphatic heterocycles. The second-order valence-electron chi connectivity index (χ2n) is 6.24. The Kier molecular flexibility index (Phi) is 6.87. The van der Waals surface area contributed by atoms with Crippen LogP contribution in [0, 0.1) is 0 Å². The molecule has 8 heteroatoms. The summed E-state index contributed by atoms with van der Waals surface area (Å²) in [6.07, 6.45) is 0. The normalized spacial score (nSPS) is 10.9. The number of carbonyl (C=O) groups excluding carboxylic acids is 1. The number of amides is 1. The summed E-state index contributed by atoms with van der Waals surface area (Å²) in [5.41, 5.74) is 1.63. The number of thioether (sulfide) groups is 1. The first kappa shape index (κ1) is 20.9. The zero-order valence-corrected chi connectivity index (χ0v) is 16.8. The third kappa shape index (κ3) is 5.57. The van der Waals surface area contributed by atoms with E-state index in [0.717, 1.165) is 21.5 Å². The van der Waals surface area contributed by atoms with Gasteiger partial charge in [-0.3, -0.25) is 4.79 Å². The summed E-state index contributed by atoms with van der Waals surface area (Å²) in [5, 5.41) is 1.83. The molecule has 0 atom stereocenters. The molecule has 0 bridgehead atoms. The molecule has 0 aliphatic rings. The van der Waals surface area contributed by atoms with Crippen molar-refractivity contribution in [1.29, 1.82) is 0 Å². The lowest BCUT2D eigenvalue weighted by Gasteiger charge is -2.18. The summed E-state index contributed by atoms with van der Waals surface area (Å²) in [7, 11) is 3.06. The molecule has 1 amide bonds. The van der Waals surface area contributed by atoms with E-state index in [2.05, 4.69) is 9.72 Å². The molecule has 0 fully saturated rings. The highest BCUT2D eigenvalue weighted by molar-refractivity contribution is 7.99. The number of nitrogens with zero attached hydrogens (tertiary/aromatic N) is 2. The maximum Gasteiger partial charge on any atom is 0.387 e. The lowest BCUT2D eigenvalue weighted by atomic mass is 10.2. The van der Waals surface area contributed by atoms with Crippen LogP contribution in [-0.4, -0.2) is 42.3 Å². The molecule has 3 rings (SSSR count). The van der Waals surface area contributed by atoms with Gasteiger partial charge in [0.1, 0.15) is 0 Å². The number of ether oxygens (including phenoxy) is 2. The van der Waals surface area contributed by atoms with Gasteiger partial charge in [-0.15, -0.1) is 0 Å². The molecule has 1 aromatic heterocycles. The molecule has 0 saturated heterocycles. The third-order valence-electron chi connectivity index (χ3n) is 4.21. The number of rotatable bonds is 8. The number of para-hydroxylation sites is 1. The predicted octanol–water partition coefficient (Wildman–Crippen LogP) is 4.60. The number of alkyl halides is 2. The monoisotopic (exact) mass is 418 g/mol. The number of pyridine rings is 1. The van der Waals surface area contributed by atoms with Crippen molar-refractivity contribution in [2.24, 2.45) is 0 Å². The summed E-state index contributed by atoms with van der Waals surface area (Å²) in [5.74, 6) is 0.319. The fraction of sp³-hybridized carbons (Fsp3) is 0.238. The minimum Gasteiger partial charge on any atom is -0.493 e. The Morgan fingerprint density at radius 2 is 1.93 bits per heavy atom. The number of hydrogen-bond donors (Lipinski definition) is 0. The van der Waals surface area contributed by atoms with E-state index < -0.39 is 6.61 Å². The van der Waals surface area contributed by atoms with Crippen molar-refractivity contribution in [3.8, 4) is 11.5 Å². The smallest absolute Gasteiger partial charge is 0.387 e. The molecule has 5 nitrogen and oxygen atoms in total. The van der Waals surface area contributed by atoms with Crippen LogP contribution in [-0.2, 0) is 11.3 Å². The van der Waals surface area contributed by atoms with Crippen molar-refractivity contribution in [3.63, 3.8) is 0 Å². The zero-order chi connectivity index (χ0) is 20.8. The zero-order valence-electron chi connectivity index (χ0n) is 16.0. The number of benzene rings is 2. The molecule has 3 aromatic rings. The molecule has 0 spiro atoms. The van der Waals surface area contributed by atoms with Crippen molar-refractivity contribution >= 4 is 28.6 Å². The van der Waals surface area contributed by atoms with Crippen LogP contribution in [0.1, 0.15) is 5.56 Å². The first-order chi connectivity index (χ1) is 14.0. The van der Waals surface area contributed by atoms with Crippen molar-refractivity contribution < 1.29 is 23.0 Å². The number of halogens is 2. The van der Waals surface area contributed by atoms with E-state index in [9.17, 15) is 13.6 Å². The van der Waals surface area contributed by atoms with Crippen LogP contribution >= 0.6 is 11.8 Å². The molecule has 1 heterocycles. The standard InChI is InChI=1S/C21H20F2N2O3S/c1-25(12-14-7-9-17(28-21(22)23)18(11-14)27-2)20(26)13-29-19-10-8-15-5-3-4-6-16(15)24-19/h3-11,21H,12-13H2,1-2H3. The largest absolute Gasteiger partial charge is 0.493 e. The molecule has 29 heavy (non-hydrogen) atoms. The molecular formula is C21H20F2N2O3S. The van der Waals surface area contributed by atoms with Gasteiger partial charge in [0.15, 0.2) is 11.5 Å². The fourth-order valence-electron chi connectivity index (χ4n) is 2.74. The van der Waals surface area contributed by atoms with Gasteiger partial charge in [0.2, 0.25) is 5.91 Å². The second kappa shape index (κ2) is 9.56. The second-order valence-corrected chi connectivity index (χ2v) is 7.24. The van der Waals surface area contributed by atoms with Gasteiger partial charge in [-0.05, 0) is 29.8 Å². The van der Waals surface area contributed by atoms with E-state index in [1.54, 1.807) is 24.1 Å². The van der Waals surface area contributed by atoms with E-state index in [1.165, 1.54) is 24.9 Å². The lowest BCUT2D eigenvalue weighted by molar-refractivity contribution is -0.127. The number of carbonyl (C=O) groups is 1. The van der Waals surface area contributed by atoms with Gasteiger partial charge < -0.3 is 14.4 Å². The molecule has 2 aromatic carbocycles. The van der Waals surface area contributed by atoms with Gasteiger partial charge in [-0.25, -0.2) is 4.98 Å². The van der Waals surface area contributed by atoms with Gasteiger partial charge >= 0.3 is 6.61 Å². The summed E-state index contributed by atoms with van der Waals surface area (Å²) in [6.45, 7) is -2.62. The van der Waals surface area contributed by atoms with Gasteiger partial charge in [-0.1, -0.05) is 42.1 Å². The summed E-state index contributed by atoms with van der Waals surface area (Å²) >= 11 is 1.37.